The number of phenols is 1. The first-order valence-corrected chi connectivity index (χ1v) is 6.26. The zero-order valence-electron chi connectivity index (χ0n) is 11.0. The van der Waals surface area contributed by atoms with Crippen molar-refractivity contribution in [2.24, 2.45) is 0 Å². The summed E-state index contributed by atoms with van der Waals surface area (Å²) in [6.07, 6.45) is 0. The van der Waals surface area contributed by atoms with Gasteiger partial charge in [-0.2, -0.15) is 0 Å². The molecule has 0 radical (unpaired) electrons. The van der Waals surface area contributed by atoms with E-state index in [2.05, 4.69) is 0 Å². The number of non-ortho nitro benzene ring substituents is 1. The summed E-state index contributed by atoms with van der Waals surface area (Å²) in [7, 11) is 0. The predicted molar refractivity (Wildman–Crippen MR) is 73.8 cm³/mol. The second-order valence-corrected chi connectivity index (χ2v) is 4.87. The van der Waals surface area contributed by atoms with Gasteiger partial charge in [0.2, 0.25) is 17.2 Å². The number of aromatic hydroxyl groups is 1. The van der Waals surface area contributed by atoms with Gasteiger partial charge in [0.05, 0.1) is 4.92 Å². The molecule has 1 aliphatic carbocycles. The van der Waals surface area contributed by atoms with E-state index in [0.717, 1.165) is 18.2 Å². The van der Waals surface area contributed by atoms with E-state index in [-0.39, 0.29) is 11.1 Å². The van der Waals surface area contributed by atoms with E-state index >= 15 is 0 Å². The van der Waals surface area contributed by atoms with Gasteiger partial charge in [0.1, 0.15) is 5.75 Å². The standard InChI is InChI=1S/C15H9NO6/c17-12-6-5-8(16(21)22)7-11(12)15(20)13(18)9-3-1-2-4-10(9)14(15)19/h1-7,17,20H. The van der Waals surface area contributed by atoms with E-state index in [1.165, 1.54) is 24.3 Å². The SMILES string of the molecule is O=C1c2ccccc2C(=O)C1(O)c1cc([N+](=O)[O-])ccc1O. The highest BCUT2D eigenvalue weighted by Crippen LogP contribution is 2.42. The fourth-order valence-corrected chi connectivity index (χ4v) is 2.54. The van der Waals surface area contributed by atoms with Crippen molar-refractivity contribution in [2.45, 2.75) is 5.60 Å². The van der Waals surface area contributed by atoms with Gasteiger partial charge in [-0.05, 0) is 6.07 Å². The Hall–Kier alpha value is -3.06. The van der Waals surface area contributed by atoms with Crippen molar-refractivity contribution in [3.05, 3.63) is 69.3 Å². The molecule has 110 valence electrons. The summed E-state index contributed by atoms with van der Waals surface area (Å²) in [5.41, 5.74) is -3.56. The van der Waals surface area contributed by atoms with E-state index in [9.17, 15) is 29.9 Å². The van der Waals surface area contributed by atoms with Crippen LogP contribution in [0.3, 0.4) is 0 Å². The maximum atomic E-state index is 12.4. The van der Waals surface area contributed by atoms with Crippen LogP contribution in [0.15, 0.2) is 42.5 Å². The van der Waals surface area contributed by atoms with Crippen LogP contribution in [0, 0.1) is 10.1 Å². The smallest absolute Gasteiger partial charge is 0.270 e. The molecule has 0 aliphatic heterocycles. The molecule has 2 aromatic carbocycles. The number of nitro groups is 1. The Bertz CT molecular complexity index is 807. The lowest BCUT2D eigenvalue weighted by Gasteiger charge is -2.20. The fourth-order valence-electron chi connectivity index (χ4n) is 2.54. The summed E-state index contributed by atoms with van der Waals surface area (Å²) in [4.78, 5) is 34.9. The molecule has 22 heavy (non-hydrogen) atoms. The van der Waals surface area contributed by atoms with Crippen molar-refractivity contribution in [3.8, 4) is 5.75 Å². The lowest BCUT2D eigenvalue weighted by Crippen LogP contribution is -2.38. The number of benzene rings is 2. The molecule has 7 nitrogen and oxygen atoms in total. The van der Waals surface area contributed by atoms with Crippen LogP contribution >= 0.6 is 0 Å². The highest BCUT2D eigenvalue weighted by molar-refractivity contribution is 6.32. The molecule has 0 bridgehead atoms. The van der Waals surface area contributed by atoms with E-state index in [1.807, 2.05) is 0 Å². The van der Waals surface area contributed by atoms with Crippen LogP contribution in [0.2, 0.25) is 0 Å². The number of nitrogens with zero attached hydrogens (tertiary/aromatic N) is 1. The van der Waals surface area contributed by atoms with Crippen molar-refractivity contribution in [2.75, 3.05) is 0 Å². The third kappa shape index (κ3) is 1.66. The molecule has 0 spiro atoms. The van der Waals surface area contributed by atoms with Crippen LogP contribution in [-0.2, 0) is 5.60 Å². The Morgan fingerprint density at radius 1 is 1.00 bits per heavy atom. The zero-order valence-corrected chi connectivity index (χ0v) is 11.0. The predicted octanol–water partition coefficient (Wildman–Crippen LogP) is 1.57. The summed E-state index contributed by atoms with van der Waals surface area (Å²) < 4.78 is 0. The number of aliphatic hydroxyl groups is 1. The first kappa shape index (κ1) is 13.9. The van der Waals surface area contributed by atoms with Gasteiger partial charge in [-0.25, -0.2) is 0 Å². The summed E-state index contributed by atoms with van der Waals surface area (Å²) in [5.74, 6) is -2.39. The molecule has 7 heteroatoms. The van der Waals surface area contributed by atoms with Crippen LogP contribution in [-0.4, -0.2) is 26.7 Å². The number of carbonyl (C=O) groups excluding carboxylic acids is 2. The molecular weight excluding hydrogens is 290 g/mol. The van der Waals surface area contributed by atoms with Gasteiger partial charge in [-0.15, -0.1) is 0 Å². The molecule has 0 fully saturated rings. The average molecular weight is 299 g/mol. The number of rotatable bonds is 2. The van der Waals surface area contributed by atoms with Crippen molar-refractivity contribution in [1.29, 1.82) is 0 Å². The molecular formula is C15H9NO6. The Kier molecular flexibility index (Phi) is 2.82. The Labute approximate surface area is 123 Å². The van der Waals surface area contributed by atoms with E-state index in [4.69, 9.17) is 0 Å². The van der Waals surface area contributed by atoms with Gasteiger partial charge >= 0.3 is 0 Å². The number of hydrogen-bond donors (Lipinski definition) is 2. The molecule has 0 heterocycles. The fraction of sp³-hybridized carbons (Fsp3) is 0.0667. The lowest BCUT2D eigenvalue weighted by atomic mass is 9.88. The quantitative estimate of drug-likeness (QED) is 0.493. The zero-order chi connectivity index (χ0) is 16.1. The van der Waals surface area contributed by atoms with Crippen LogP contribution in [0.4, 0.5) is 5.69 Å². The number of Topliss-reactive ketones (excluding diaryl/α,β-unsaturated/α-hetero) is 2. The first-order chi connectivity index (χ1) is 10.4. The highest BCUT2D eigenvalue weighted by atomic mass is 16.6. The monoisotopic (exact) mass is 299 g/mol. The molecule has 2 aromatic rings. The van der Waals surface area contributed by atoms with Crippen molar-refractivity contribution in [1.82, 2.24) is 0 Å². The van der Waals surface area contributed by atoms with Gasteiger partial charge < -0.3 is 10.2 Å². The molecule has 0 amide bonds. The number of hydrogen-bond acceptors (Lipinski definition) is 6. The second kappa shape index (κ2) is 4.47. The lowest BCUT2D eigenvalue weighted by molar-refractivity contribution is -0.385. The summed E-state index contributed by atoms with van der Waals surface area (Å²) in [5, 5.41) is 31.3. The molecule has 2 N–H and O–H groups in total. The molecule has 1 aliphatic rings. The number of nitro benzene ring substituents is 1. The molecule has 0 aromatic heterocycles. The molecule has 3 rings (SSSR count). The maximum Gasteiger partial charge on any atom is 0.270 e. The normalized spacial score (nSPS) is 15.7. The molecule has 0 saturated heterocycles. The minimum Gasteiger partial charge on any atom is -0.508 e. The number of carbonyl (C=O) groups is 2. The van der Waals surface area contributed by atoms with Crippen LogP contribution in [0.1, 0.15) is 26.3 Å². The Morgan fingerprint density at radius 2 is 1.55 bits per heavy atom. The summed E-state index contributed by atoms with van der Waals surface area (Å²) >= 11 is 0. The van der Waals surface area contributed by atoms with Gasteiger partial charge in [0.15, 0.2) is 0 Å². The van der Waals surface area contributed by atoms with Crippen LogP contribution in [0.5, 0.6) is 5.75 Å². The Morgan fingerprint density at radius 3 is 2.05 bits per heavy atom. The first-order valence-electron chi connectivity index (χ1n) is 6.26. The minimum absolute atomic E-state index is 0.0147. The van der Waals surface area contributed by atoms with Crippen molar-refractivity contribution in [3.63, 3.8) is 0 Å². The maximum absolute atomic E-state index is 12.4. The second-order valence-electron chi connectivity index (χ2n) is 4.87. The van der Waals surface area contributed by atoms with Gasteiger partial charge in [0.25, 0.3) is 5.69 Å². The van der Waals surface area contributed by atoms with Gasteiger partial charge in [-0.1, -0.05) is 24.3 Å². The van der Waals surface area contributed by atoms with Gasteiger partial charge in [0, 0.05) is 28.8 Å². The Balaban J connectivity index is 2.25. The van der Waals surface area contributed by atoms with E-state index in [1.54, 1.807) is 0 Å². The average Bonchev–Trinajstić information content (AvgIpc) is 2.71. The number of ketones is 2. The third-order valence-corrected chi connectivity index (χ3v) is 3.65. The van der Waals surface area contributed by atoms with Gasteiger partial charge in [-0.3, -0.25) is 19.7 Å². The number of phenolic OH excluding ortho intramolecular Hbond substituents is 1. The van der Waals surface area contributed by atoms with Crippen LogP contribution in [0.25, 0.3) is 0 Å². The molecule has 0 atom stereocenters. The van der Waals surface area contributed by atoms with Crippen LogP contribution < -0.4 is 0 Å². The summed E-state index contributed by atoms with van der Waals surface area (Å²) in [6, 6.07) is 8.63. The topological polar surface area (TPSA) is 118 Å². The molecule has 0 saturated carbocycles. The number of fused-ring (bicyclic) bond motifs is 1. The third-order valence-electron chi connectivity index (χ3n) is 3.65. The van der Waals surface area contributed by atoms with Crippen molar-refractivity contribution < 1.29 is 24.7 Å². The van der Waals surface area contributed by atoms with E-state index < -0.39 is 39.1 Å². The van der Waals surface area contributed by atoms with Crippen molar-refractivity contribution >= 4 is 17.3 Å². The minimum atomic E-state index is -2.65. The molecule has 0 unspecified atom stereocenters. The van der Waals surface area contributed by atoms with E-state index in [0.29, 0.717) is 0 Å². The highest BCUT2D eigenvalue weighted by Gasteiger charge is 2.54. The summed E-state index contributed by atoms with van der Waals surface area (Å²) in [6.45, 7) is 0. The largest absolute Gasteiger partial charge is 0.508 e.